The van der Waals surface area contributed by atoms with Gasteiger partial charge >= 0.3 is 0 Å². The van der Waals surface area contributed by atoms with E-state index in [1.54, 1.807) is 11.8 Å². The second-order valence-corrected chi connectivity index (χ2v) is 5.72. The van der Waals surface area contributed by atoms with Crippen LogP contribution >= 0.6 is 0 Å². The van der Waals surface area contributed by atoms with Gasteiger partial charge in [0.15, 0.2) is 0 Å². The molecule has 24 heavy (non-hydrogen) atoms. The van der Waals surface area contributed by atoms with E-state index in [4.69, 9.17) is 4.74 Å². The highest BCUT2D eigenvalue weighted by molar-refractivity contribution is 5.92. The van der Waals surface area contributed by atoms with E-state index in [1.807, 2.05) is 44.3 Å². The highest BCUT2D eigenvalue weighted by Gasteiger charge is 2.13. The second kappa shape index (κ2) is 6.78. The Morgan fingerprint density at radius 3 is 2.96 bits per heavy atom. The fourth-order valence-corrected chi connectivity index (χ4v) is 2.86. The third-order valence-corrected chi connectivity index (χ3v) is 4.09. The molecule has 0 saturated carbocycles. The Hall–Kier alpha value is -2.76. The van der Waals surface area contributed by atoms with Crippen molar-refractivity contribution in [2.45, 2.75) is 26.8 Å². The molecule has 3 aromatic rings. The summed E-state index contributed by atoms with van der Waals surface area (Å²) in [7, 11) is 1.66. The summed E-state index contributed by atoms with van der Waals surface area (Å²) in [6, 6.07) is 7.76. The van der Waals surface area contributed by atoms with Crippen molar-refractivity contribution in [3.8, 4) is 5.75 Å². The van der Waals surface area contributed by atoms with E-state index in [0.717, 1.165) is 34.3 Å². The Balaban J connectivity index is 1.67. The molecule has 0 bridgehead atoms. The minimum Gasteiger partial charge on any atom is -0.497 e. The zero-order valence-electron chi connectivity index (χ0n) is 14.2. The van der Waals surface area contributed by atoms with E-state index < -0.39 is 0 Å². The largest absolute Gasteiger partial charge is 0.497 e. The number of benzene rings is 1. The summed E-state index contributed by atoms with van der Waals surface area (Å²) < 4.78 is 7.01. The van der Waals surface area contributed by atoms with Crippen molar-refractivity contribution >= 4 is 16.8 Å². The number of aromatic nitrogens is 3. The van der Waals surface area contributed by atoms with E-state index >= 15 is 0 Å². The molecule has 6 nitrogen and oxygen atoms in total. The summed E-state index contributed by atoms with van der Waals surface area (Å²) in [5.74, 6) is 0.740. The monoisotopic (exact) mass is 326 g/mol. The lowest BCUT2D eigenvalue weighted by Crippen LogP contribution is -2.28. The summed E-state index contributed by atoms with van der Waals surface area (Å²) in [5.41, 5.74) is 3.68. The van der Waals surface area contributed by atoms with Crippen molar-refractivity contribution in [3.05, 3.63) is 47.4 Å². The molecule has 1 amide bonds. The zero-order chi connectivity index (χ0) is 17.1. The van der Waals surface area contributed by atoms with Gasteiger partial charge in [-0.05, 0) is 50.1 Å². The number of fused-ring (bicyclic) bond motifs is 1. The molecule has 2 aromatic heterocycles. The molecule has 0 atom stereocenters. The highest BCUT2D eigenvalue weighted by atomic mass is 16.5. The van der Waals surface area contributed by atoms with Crippen molar-refractivity contribution in [3.63, 3.8) is 0 Å². The number of H-pyrrole nitrogens is 1. The number of hydrogen-bond donors (Lipinski definition) is 2. The van der Waals surface area contributed by atoms with Crippen molar-refractivity contribution in [1.29, 1.82) is 0 Å². The molecule has 2 N–H and O–H groups in total. The summed E-state index contributed by atoms with van der Waals surface area (Å²) in [6.07, 6.45) is 2.73. The first-order valence-corrected chi connectivity index (χ1v) is 8.09. The van der Waals surface area contributed by atoms with Crippen molar-refractivity contribution in [1.82, 2.24) is 20.1 Å². The van der Waals surface area contributed by atoms with Gasteiger partial charge in [0, 0.05) is 30.2 Å². The fourth-order valence-electron chi connectivity index (χ4n) is 2.86. The number of nitrogens with zero attached hydrogens (tertiary/aromatic N) is 2. The summed E-state index contributed by atoms with van der Waals surface area (Å²) >= 11 is 0. The lowest BCUT2D eigenvalue weighted by molar-refractivity contribution is 0.0943. The molecule has 0 aliphatic heterocycles. The predicted octanol–water partition coefficient (Wildman–Crippen LogP) is 2.67. The first-order chi connectivity index (χ1) is 11.6. The van der Waals surface area contributed by atoms with Gasteiger partial charge in [0.1, 0.15) is 11.4 Å². The number of rotatable bonds is 6. The predicted molar refractivity (Wildman–Crippen MR) is 93.5 cm³/mol. The van der Waals surface area contributed by atoms with Gasteiger partial charge in [-0.3, -0.25) is 9.48 Å². The van der Waals surface area contributed by atoms with Crippen molar-refractivity contribution < 1.29 is 9.53 Å². The van der Waals surface area contributed by atoms with Crippen LogP contribution < -0.4 is 10.1 Å². The SMILES string of the molecule is CCn1nc(C)cc1C(=O)NCCc1c[nH]c2ccc(OC)cc12. The van der Waals surface area contributed by atoms with Gasteiger partial charge in [-0.25, -0.2) is 0 Å². The minimum atomic E-state index is -0.0881. The normalized spacial score (nSPS) is 11.0. The van der Waals surface area contributed by atoms with Gasteiger partial charge < -0.3 is 15.0 Å². The van der Waals surface area contributed by atoms with Crippen LogP contribution in [0.2, 0.25) is 0 Å². The van der Waals surface area contributed by atoms with E-state index in [9.17, 15) is 4.79 Å². The molecule has 0 spiro atoms. The van der Waals surface area contributed by atoms with E-state index in [0.29, 0.717) is 18.8 Å². The average Bonchev–Trinajstić information content (AvgIpc) is 3.17. The van der Waals surface area contributed by atoms with Crippen LogP contribution in [0.4, 0.5) is 0 Å². The smallest absolute Gasteiger partial charge is 0.269 e. The van der Waals surface area contributed by atoms with Crippen molar-refractivity contribution in [2.75, 3.05) is 13.7 Å². The fraction of sp³-hybridized carbons (Fsp3) is 0.333. The van der Waals surface area contributed by atoms with Crippen molar-refractivity contribution in [2.24, 2.45) is 0 Å². The average molecular weight is 326 g/mol. The number of aryl methyl sites for hydroxylation is 2. The van der Waals surface area contributed by atoms with Crippen LogP contribution in [0.15, 0.2) is 30.5 Å². The number of nitrogens with one attached hydrogen (secondary N) is 2. The zero-order valence-corrected chi connectivity index (χ0v) is 14.2. The Morgan fingerprint density at radius 2 is 2.21 bits per heavy atom. The van der Waals surface area contributed by atoms with Crippen LogP contribution in [0.25, 0.3) is 10.9 Å². The van der Waals surface area contributed by atoms with Crippen LogP contribution in [-0.2, 0) is 13.0 Å². The van der Waals surface area contributed by atoms with Crippen LogP contribution in [-0.4, -0.2) is 34.3 Å². The molecule has 0 radical (unpaired) electrons. The topological polar surface area (TPSA) is 71.9 Å². The van der Waals surface area contributed by atoms with Gasteiger partial charge in [0.2, 0.25) is 0 Å². The molecule has 3 rings (SSSR count). The molecule has 1 aromatic carbocycles. The standard InChI is InChI=1S/C18H22N4O2/c1-4-22-17(9-12(2)21-22)18(23)19-8-7-13-11-20-16-6-5-14(24-3)10-15(13)16/h5-6,9-11,20H,4,7-8H2,1-3H3,(H,19,23). The highest BCUT2D eigenvalue weighted by Crippen LogP contribution is 2.23. The van der Waals surface area contributed by atoms with Crippen LogP contribution in [0.1, 0.15) is 28.7 Å². The van der Waals surface area contributed by atoms with Crippen LogP contribution in [0, 0.1) is 6.92 Å². The summed E-state index contributed by atoms with van der Waals surface area (Å²) in [5, 5.41) is 8.40. The van der Waals surface area contributed by atoms with E-state index in [-0.39, 0.29) is 5.91 Å². The maximum absolute atomic E-state index is 12.3. The molecule has 6 heteroatoms. The molecule has 0 unspecified atom stereocenters. The number of aromatic amines is 1. The van der Waals surface area contributed by atoms with Crippen LogP contribution in [0.3, 0.4) is 0 Å². The van der Waals surface area contributed by atoms with Gasteiger partial charge in [-0.1, -0.05) is 0 Å². The molecule has 0 aliphatic rings. The second-order valence-electron chi connectivity index (χ2n) is 5.72. The third kappa shape index (κ3) is 3.13. The molecule has 0 aliphatic carbocycles. The maximum Gasteiger partial charge on any atom is 0.269 e. The lowest BCUT2D eigenvalue weighted by atomic mass is 10.1. The van der Waals surface area contributed by atoms with Gasteiger partial charge in [0.05, 0.1) is 12.8 Å². The summed E-state index contributed by atoms with van der Waals surface area (Å²) in [6.45, 7) is 5.11. The molecule has 2 heterocycles. The first kappa shape index (κ1) is 16.1. The molecular weight excluding hydrogens is 304 g/mol. The van der Waals surface area contributed by atoms with Gasteiger partial charge in [0.25, 0.3) is 5.91 Å². The Labute approximate surface area is 140 Å². The lowest BCUT2D eigenvalue weighted by Gasteiger charge is -2.06. The molecule has 0 fully saturated rings. The number of carbonyl (C=O) groups excluding carboxylic acids is 1. The minimum absolute atomic E-state index is 0.0881. The van der Waals surface area contributed by atoms with Crippen LogP contribution in [0.5, 0.6) is 5.75 Å². The number of carbonyl (C=O) groups is 1. The quantitative estimate of drug-likeness (QED) is 0.731. The first-order valence-electron chi connectivity index (χ1n) is 8.09. The number of methoxy groups -OCH3 is 1. The maximum atomic E-state index is 12.3. The number of amides is 1. The molecular formula is C18H22N4O2. The van der Waals surface area contributed by atoms with E-state index in [2.05, 4.69) is 15.4 Å². The number of ether oxygens (including phenoxy) is 1. The number of hydrogen-bond acceptors (Lipinski definition) is 3. The third-order valence-electron chi connectivity index (χ3n) is 4.09. The molecule has 126 valence electrons. The molecule has 0 saturated heterocycles. The summed E-state index contributed by atoms with van der Waals surface area (Å²) in [4.78, 5) is 15.6. The Kier molecular flexibility index (Phi) is 4.55. The van der Waals surface area contributed by atoms with Gasteiger partial charge in [-0.2, -0.15) is 5.10 Å². The Bertz CT molecular complexity index is 863. The van der Waals surface area contributed by atoms with E-state index in [1.165, 1.54) is 0 Å². The van der Waals surface area contributed by atoms with Gasteiger partial charge in [-0.15, -0.1) is 0 Å². The Morgan fingerprint density at radius 1 is 1.38 bits per heavy atom.